The third kappa shape index (κ3) is 3.81. The highest BCUT2D eigenvalue weighted by atomic mass is 35.5. The predicted molar refractivity (Wildman–Crippen MR) is 62.3 cm³/mol. The molecular formula is C10H14ClNO2S. The van der Waals surface area contributed by atoms with Crippen LogP contribution in [0.25, 0.3) is 0 Å². The molecule has 84 valence electrons. The van der Waals surface area contributed by atoms with Gasteiger partial charge in [-0.1, -0.05) is 23.7 Å². The summed E-state index contributed by atoms with van der Waals surface area (Å²) < 4.78 is 25.4. The lowest BCUT2D eigenvalue weighted by molar-refractivity contribution is 0.572. The van der Waals surface area contributed by atoms with E-state index in [-0.39, 0.29) is 6.54 Å². The SMILES string of the molecule is CC(C)S(=O)(=O)NCc1cccc(Cl)c1. The van der Waals surface area contributed by atoms with Crippen LogP contribution in [0, 0.1) is 0 Å². The monoisotopic (exact) mass is 247 g/mol. The molecule has 0 aliphatic carbocycles. The van der Waals surface area contributed by atoms with Gasteiger partial charge in [0.2, 0.25) is 10.0 Å². The third-order valence-corrected chi connectivity index (χ3v) is 4.01. The topological polar surface area (TPSA) is 46.2 Å². The Balaban J connectivity index is 2.66. The van der Waals surface area contributed by atoms with Gasteiger partial charge >= 0.3 is 0 Å². The van der Waals surface area contributed by atoms with Crippen LogP contribution in [0.1, 0.15) is 19.4 Å². The minimum absolute atomic E-state index is 0.279. The van der Waals surface area contributed by atoms with Crippen LogP contribution in [-0.4, -0.2) is 13.7 Å². The Hall–Kier alpha value is -0.580. The van der Waals surface area contributed by atoms with E-state index in [1.54, 1.807) is 32.0 Å². The Labute approximate surface area is 95.5 Å². The molecule has 0 aliphatic rings. The van der Waals surface area contributed by atoms with E-state index in [1.165, 1.54) is 0 Å². The molecule has 15 heavy (non-hydrogen) atoms. The summed E-state index contributed by atoms with van der Waals surface area (Å²) in [6.07, 6.45) is 0. The zero-order chi connectivity index (χ0) is 11.5. The van der Waals surface area contributed by atoms with E-state index in [4.69, 9.17) is 11.6 Å². The van der Waals surface area contributed by atoms with Crippen LogP contribution in [0.15, 0.2) is 24.3 Å². The molecule has 0 unspecified atom stereocenters. The molecule has 0 atom stereocenters. The first kappa shape index (κ1) is 12.5. The van der Waals surface area contributed by atoms with Crippen LogP contribution in [0.3, 0.4) is 0 Å². The third-order valence-electron chi connectivity index (χ3n) is 1.99. The lowest BCUT2D eigenvalue weighted by Crippen LogP contribution is -2.30. The van der Waals surface area contributed by atoms with E-state index in [1.807, 2.05) is 6.07 Å². The van der Waals surface area contributed by atoms with E-state index in [2.05, 4.69) is 4.72 Å². The molecule has 0 amide bonds. The summed E-state index contributed by atoms with van der Waals surface area (Å²) in [6.45, 7) is 3.56. The highest BCUT2D eigenvalue weighted by molar-refractivity contribution is 7.90. The molecule has 0 saturated carbocycles. The molecule has 0 spiro atoms. The minimum atomic E-state index is -3.20. The molecule has 0 heterocycles. The Morgan fingerprint density at radius 3 is 2.60 bits per heavy atom. The van der Waals surface area contributed by atoms with Gasteiger partial charge in [0.15, 0.2) is 0 Å². The fourth-order valence-corrected chi connectivity index (χ4v) is 1.91. The Morgan fingerprint density at radius 2 is 2.07 bits per heavy atom. The Morgan fingerprint density at radius 1 is 1.40 bits per heavy atom. The van der Waals surface area contributed by atoms with E-state index >= 15 is 0 Å². The lowest BCUT2D eigenvalue weighted by Gasteiger charge is -2.09. The van der Waals surface area contributed by atoms with Crippen LogP contribution >= 0.6 is 11.6 Å². The standard InChI is InChI=1S/C10H14ClNO2S/c1-8(2)15(13,14)12-7-9-4-3-5-10(11)6-9/h3-6,8,12H,7H2,1-2H3. The normalized spacial score (nSPS) is 12.0. The van der Waals surface area contributed by atoms with Gasteiger partial charge in [0.25, 0.3) is 0 Å². The first-order chi connectivity index (χ1) is 6.92. The summed E-state index contributed by atoms with van der Waals surface area (Å²) in [5.41, 5.74) is 0.853. The molecule has 0 saturated heterocycles. The fraction of sp³-hybridized carbons (Fsp3) is 0.400. The zero-order valence-corrected chi connectivity index (χ0v) is 10.3. The molecule has 0 fully saturated rings. The molecule has 0 aliphatic heterocycles. The minimum Gasteiger partial charge on any atom is -0.212 e. The predicted octanol–water partition coefficient (Wildman–Crippen LogP) is 2.17. The Bertz CT molecular complexity index is 429. The number of sulfonamides is 1. The molecule has 5 heteroatoms. The molecule has 1 N–H and O–H groups in total. The summed E-state index contributed by atoms with van der Waals surface area (Å²) in [5, 5.41) is 0.188. The van der Waals surface area contributed by atoms with Gasteiger partial charge in [-0.05, 0) is 31.5 Å². The number of nitrogens with one attached hydrogen (secondary N) is 1. The number of hydrogen-bond acceptors (Lipinski definition) is 2. The van der Waals surface area contributed by atoms with Gasteiger partial charge in [-0.15, -0.1) is 0 Å². The van der Waals surface area contributed by atoms with Crippen molar-refractivity contribution in [2.45, 2.75) is 25.6 Å². The van der Waals surface area contributed by atoms with Gasteiger partial charge in [0.1, 0.15) is 0 Å². The number of halogens is 1. The highest BCUT2D eigenvalue weighted by Crippen LogP contribution is 2.10. The van der Waals surface area contributed by atoms with Crippen LogP contribution in [0.5, 0.6) is 0 Å². The number of rotatable bonds is 4. The van der Waals surface area contributed by atoms with Gasteiger partial charge in [-0.2, -0.15) is 0 Å². The second-order valence-corrected chi connectivity index (χ2v) is 6.30. The van der Waals surface area contributed by atoms with Crippen molar-refractivity contribution in [2.24, 2.45) is 0 Å². The van der Waals surface area contributed by atoms with Crippen LogP contribution in [0.2, 0.25) is 5.02 Å². The van der Waals surface area contributed by atoms with Gasteiger partial charge in [-0.25, -0.2) is 13.1 Å². The maximum Gasteiger partial charge on any atom is 0.214 e. The van der Waals surface area contributed by atoms with Crippen molar-refractivity contribution in [3.63, 3.8) is 0 Å². The first-order valence-electron chi connectivity index (χ1n) is 4.65. The molecule has 1 aromatic carbocycles. The van der Waals surface area contributed by atoms with Crippen molar-refractivity contribution in [1.29, 1.82) is 0 Å². The molecule has 0 bridgehead atoms. The summed E-state index contributed by atoms with van der Waals surface area (Å²) in [4.78, 5) is 0. The van der Waals surface area contributed by atoms with Crippen molar-refractivity contribution in [3.05, 3.63) is 34.9 Å². The second kappa shape index (κ2) is 4.96. The van der Waals surface area contributed by atoms with Crippen molar-refractivity contribution in [1.82, 2.24) is 4.72 Å². The van der Waals surface area contributed by atoms with Crippen molar-refractivity contribution >= 4 is 21.6 Å². The molecule has 0 radical (unpaired) electrons. The van der Waals surface area contributed by atoms with E-state index < -0.39 is 15.3 Å². The smallest absolute Gasteiger partial charge is 0.212 e. The molecule has 0 aromatic heterocycles. The lowest BCUT2D eigenvalue weighted by atomic mass is 10.2. The fourth-order valence-electron chi connectivity index (χ4n) is 0.998. The van der Waals surface area contributed by atoms with Gasteiger partial charge in [-0.3, -0.25) is 0 Å². The van der Waals surface area contributed by atoms with Gasteiger partial charge in [0.05, 0.1) is 5.25 Å². The maximum atomic E-state index is 11.4. The number of hydrogen-bond donors (Lipinski definition) is 1. The van der Waals surface area contributed by atoms with Crippen molar-refractivity contribution in [2.75, 3.05) is 0 Å². The first-order valence-corrected chi connectivity index (χ1v) is 6.57. The second-order valence-electron chi connectivity index (χ2n) is 3.54. The largest absolute Gasteiger partial charge is 0.214 e. The summed E-state index contributed by atoms with van der Waals surface area (Å²) in [7, 11) is -3.20. The summed E-state index contributed by atoms with van der Waals surface area (Å²) >= 11 is 5.78. The van der Waals surface area contributed by atoms with Crippen molar-refractivity contribution < 1.29 is 8.42 Å². The molecule has 1 rings (SSSR count). The molecule has 3 nitrogen and oxygen atoms in total. The van der Waals surface area contributed by atoms with E-state index in [0.29, 0.717) is 5.02 Å². The highest BCUT2D eigenvalue weighted by Gasteiger charge is 2.14. The average molecular weight is 248 g/mol. The van der Waals surface area contributed by atoms with E-state index in [0.717, 1.165) is 5.56 Å². The maximum absolute atomic E-state index is 11.4. The van der Waals surface area contributed by atoms with Crippen LogP contribution in [0.4, 0.5) is 0 Å². The molecule has 1 aromatic rings. The summed E-state index contributed by atoms with van der Waals surface area (Å²) in [5.74, 6) is 0. The quantitative estimate of drug-likeness (QED) is 0.887. The van der Waals surface area contributed by atoms with E-state index in [9.17, 15) is 8.42 Å². The van der Waals surface area contributed by atoms with Gasteiger partial charge in [0, 0.05) is 11.6 Å². The number of benzene rings is 1. The Kier molecular flexibility index (Phi) is 4.13. The average Bonchev–Trinajstić information content (AvgIpc) is 2.15. The summed E-state index contributed by atoms with van der Waals surface area (Å²) in [6, 6.07) is 7.11. The zero-order valence-electron chi connectivity index (χ0n) is 8.70. The van der Waals surface area contributed by atoms with Crippen LogP contribution in [-0.2, 0) is 16.6 Å². The van der Waals surface area contributed by atoms with Crippen LogP contribution < -0.4 is 4.72 Å². The van der Waals surface area contributed by atoms with Crippen molar-refractivity contribution in [3.8, 4) is 0 Å². The molecular weight excluding hydrogens is 234 g/mol. The van der Waals surface area contributed by atoms with Gasteiger partial charge < -0.3 is 0 Å².